The maximum Gasteiger partial charge on any atom is 0.328 e. The van der Waals surface area contributed by atoms with Crippen molar-refractivity contribution in [3.63, 3.8) is 0 Å². The van der Waals surface area contributed by atoms with Crippen LogP contribution >= 0.6 is 11.3 Å². The van der Waals surface area contributed by atoms with Crippen molar-refractivity contribution in [1.29, 1.82) is 0 Å². The molecular formula is C13H12N2O3S. The van der Waals surface area contributed by atoms with Crippen molar-refractivity contribution >= 4 is 23.4 Å². The topological polar surface area (TPSA) is 72.3 Å². The Kier molecular flexibility index (Phi) is 4.38. The van der Waals surface area contributed by atoms with Gasteiger partial charge >= 0.3 is 5.97 Å². The molecule has 6 heteroatoms. The highest BCUT2D eigenvalue weighted by Crippen LogP contribution is 2.29. The summed E-state index contributed by atoms with van der Waals surface area (Å²) in [7, 11) is 1.58. The molecule has 0 saturated carbocycles. The van der Waals surface area contributed by atoms with Crippen LogP contribution in [0.15, 0.2) is 30.6 Å². The highest BCUT2D eigenvalue weighted by molar-refractivity contribution is 7.16. The fourth-order valence-electron chi connectivity index (χ4n) is 1.50. The number of carboxylic acids is 1. The highest BCUT2D eigenvalue weighted by atomic mass is 32.1. The number of methoxy groups -OCH3 is 1. The predicted molar refractivity (Wildman–Crippen MR) is 72.7 cm³/mol. The average molecular weight is 276 g/mol. The van der Waals surface area contributed by atoms with Crippen LogP contribution in [-0.4, -0.2) is 28.2 Å². The molecule has 2 heterocycles. The molecule has 0 atom stereocenters. The van der Waals surface area contributed by atoms with E-state index in [1.54, 1.807) is 25.6 Å². The van der Waals surface area contributed by atoms with Crippen LogP contribution in [0.25, 0.3) is 16.6 Å². The van der Waals surface area contributed by atoms with Gasteiger partial charge in [0.05, 0.1) is 17.2 Å². The quantitative estimate of drug-likeness (QED) is 0.849. The normalized spacial score (nSPS) is 11.0. The Balaban J connectivity index is 2.37. The molecule has 2 aromatic heterocycles. The van der Waals surface area contributed by atoms with Crippen LogP contribution < -0.4 is 0 Å². The van der Waals surface area contributed by atoms with Gasteiger partial charge in [-0.15, -0.1) is 11.3 Å². The maximum atomic E-state index is 10.6. The molecule has 2 aromatic rings. The van der Waals surface area contributed by atoms with E-state index in [1.807, 2.05) is 12.1 Å². The molecule has 0 aromatic carbocycles. The van der Waals surface area contributed by atoms with E-state index in [1.165, 1.54) is 11.3 Å². The zero-order valence-corrected chi connectivity index (χ0v) is 11.1. The van der Waals surface area contributed by atoms with Gasteiger partial charge in [0, 0.05) is 31.1 Å². The maximum absolute atomic E-state index is 10.6. The van der Waals surface area contributed by atoms with Gasteiger partial charge in [0.15, 0.2) is 0 Å². The second kappa shape index (κ2) is 6.21. The lowest BCUT2D eigenvalue weighted by atomic mass is 10.3. The summed E-state index contributed by atoms with van der Waals surface area (Å²) >= 11 is 1.43. The van der Waals surface area contributed by atoms with Crippen molar-refractivity contribution in [2.24, 2.45) is 0 Å². The first-order valence-corrected chi connectivity index (χ1v) is 6.32. The van der Waals surface area contributed by atoms with Gasteiger partial charge in [-0.05, 0) is 18.2 Å². The van der Waals surface area contributed by atoms with E-state index in [4.69, 9.17) is 9.84 Å². The zero-order chi connectivity index (χ0) is 13.7. The van der Waals surface area contributed by atoms with Gasteiger partial charge in [-0.25, -0.2) is 9.78 Å². The first-order chi connectivity index (χ1) is 9.20. The van der Waals surface area contributed by atoms with Crippen molar-refractivity contribution in [1.82, 2.24) is 9.97 Å². The van der Waals surface area contributed by atoms with E-state index >= 15 is 0 Å². The molecule has 0 unspecified atom stereocenters. The molecule has 19 heavy (non-hydrogen) atoms. The van der Waals surface area contributed by atoms with Gasteiger partial charge in [0.2, 0.25) is 0 Å². The van der Waals surface area contributed by atoms with E-state index in [2.05, 4.69) is 9.97 Å². The Bertz CT molecular complexity index is 593. The lowest BCUT2D eigenvalue weighted by Crippen LogP contribution is -1.91. The number of hydrogen-bond donors (Lipinski definition) is 1. The second-order valence-corrected chi connectivity index (χ2v) is 4.70. The van der Waals surface area contributed by atoms with Gasteiger partial charge in [-0.3, -0.25) is 4.98 Å². The number of rotatable bonds is 5. The number of pyridine rings is 1. The van der Waals surface area contributed by atoms with E-state index in [0.717, 1.165) is 27.2 Å². The van der Waals surface area contributed by atoms with Crippen LogP contribution in [0.2, 0.25) is 0 Å². The standard InChI is InChI=1S/C13H12N2O3S/c1-18-8-10-11(2-3-12(16)17)19-13(15-10)9-4-6-14-7-5-9/h2-7H,8H2,1H3,(H,16,17)/b3-2+. The van der Waals surface area contributed by atoms with E-state index < -0.39 is 5.97 Å². The van der Waals surface area contributed by atoms with Crippen LogP contribution in [0.4, 0.5) is 0 Å². The molecule has 0 radical (unpaired) electrons. The number of hydrogen-bond acceptors (Lipinski definition) is 5. The molecule has 1 N–H and O–H groups in total. The summed E-state index contributed by atoms with van der Waals surface area (Å²) in [6.07, 6.45) is 6.03. The second-order valence-electron chi connectivity index (χ2n) is 3.67. The van der Waals surface area contributed by atoms with Crippen molar-refractivity contribution < 1.29 is 14.6 Å². The summed E-state index contributed by atoms with van der Waals surface area (Å²) in [6.45, 7) is 0.348. The molecule has 0 aliphatic rings. The highest BCUT2D eigenvalue weighted by Gasteiger charge is 2.10. The smallest absolute Gasteiger partial charge is 0.328 e. The van der Waals surface area contributed by atoms with Crippen LogP contribution in [-0.2, 0) is 16.1 Å². The number of nitrogens with zero attached hydrogens (tertiary/aromatic N) is 2. The third-order valence-electron chi connectivity index (χ3n) is 2.31. The summed E-state index contributed by atoms with van der Waals surface area (Å²) in [6, 6.07) is 3.72. The third kappa shape index (κ3) is 3.46. The fourth-order valence-corrected chi connectivity index (χ4v) is 2.48. The van der Waals surface area contributed by atoms with Gasteiger partial charge in [-0.2, -0.15) is 0 Å². The number of aromatic nitrogens is 2. The Labute approximate surface area is 114 Å². The van der Waals surface area contributed by atoms with Gasteiger partial charge in [-0.1, -0.05) is 0 Å². The summed E-state index contributed by atoms with van der Waals surface area (Å²) in [5, 5.41) is 9.50. The summed E-state index contributed by atoms with van der Waals surface area (Å²) in [5.41, 5.74) is 1.68. The van der Waals surface area contributed by atoms with Crippen molar-refractivity contribution in [3.8, 4) is 10.6 Å². The monoisotopic (exact) mass is 276 g/mol. The van der Waals surface area contributed by atoms with E-state index in [0.29, 0.717) is 6.61 Å². The minimum atomic E-state index is -0.984. The van der Waals surface area contributed by atoms with Crippen molar-refractivity contribution in [3.05, 3.63) is 41.2 Å². The molecule has 2 rings (SSSR count). The largest absolute Gasteiger partial charge is 0.478 e. The molecule has 5 nitrogen and oxygen atoms in total. The molecule has 0 saturated heterocycles. The lowest BCUT2D eigenvalue weighted by Gasteiger charge is -1.95. The summed E-state index contributed by atoms with van der Waals surface area (Å²) < 4.78 is 5.08. The Morgan fingerprint density at radius 1 is 1.47 bits per heavy atom. The number of carboxylic acid groups (broad SMARTS) is 1. The molecular weight excluding hydrogens is 264 g/mol. The molecule has 98 valence electrons. The lowest BCUT2D eigenvalue weighted by molar-refractivity contribution is -0.131. The zero-order valence-electron chi connectivity index (χ0n) is 10.2. The third-order valence-corrected chi connectivity index (χ3v) is 3.43. The minimum absolute atomic E-state index is 0.348. The Hall–Kier alpha value is -2.05. The molecule has 0 fully saturated rings. The van der Waals surface area contributed by atoms with Crippen LogP contribution in [0.5, 0.6) is 0 Å². The molecule has 0 aliphatic heterocycles. The summed E-state index contributed by atoms with van der Waals surface area (Å²) in [5.74, 6) is -0.984. The van der Waals surface area contributed by atoms with E-state index in [-0.39, 0.29) is 0 Å². The van der Waals surface area contributed by atoms with Gasteiger partial charge in [0.25, 0.3) is 0 Å². The number of thiazole rings is 1. The number of ether oxygens (including phenoxy) is 1. The predicted octanol–water partition coefficient (Wildman–Crippen LogP) is 2.45. The SMILES string of the molecule is COCc1nc(-c2ccncc2)sc1/C=C/C(=O)O. The molecule has 0 amide bonds. The number of aliphatic carboxylic acids is 1. The number of carbonyl (C=O) groups is 1. The van der Waals surface area contributed by atoms with Gasteiger partial charge in [0.1, 0.15) is 5.01 Å². The Morgan fingerprint density at radius 3 is 2.84 bits per heavy atom. The summed E-state index contributed by atoms with van der Waals surface area (Å²) in [4.78, 5) is 19.8. The Morgan fingerprint density at radius 2 is 2.21 bits per heavy atom. The van der Waals surface area contributed by atoms with E-state index in [9.17, 15) is 4.79 Å². The first-order valence-electron chi connectivity index (χ1n) is 5.50. The first kappa shape index (κ1) is 13.4. The van der Waals surface area contributed by atoms with Crippen LogP contribution in [0.3, 0.4) is 0 Å². The molecule has 0 aliphatic carbocycles. The average Bonchev–Trinajstić information content (AvgIpc) is 2.81. The fraction of sp³-hybridized carbons (Fsp3) is 0.154. The van der Waals surface area contributed by atoms with Crippen LogP contribution in [0, 0.1) is 0 Å². The molecule has 0 bridgehead atoms. The van der Waals surface area contributed by atoms with Crippen molar-refractivity contribution in [2.75, 3.05) is 7.11 Å². The van der Waals surface area contributed by atoms with Gasteiger partial charge < -0.3 is 9.84 Å². The van der Waals surface area contributed by atoms with Crippen molar-refractivity contribution in [2.45, 2.75) is 6.61 Å². The minimum Gasteiger partial charge on any atom is -0.478 e. The molecule has 0 spiro atoms. The van der Waals surface area contributed by atoms with Crippen LogP contribution in [0.1, 0.15) is 10.6 Å².